The van der Waals surface area contributed by atoms with Crippen molar-refractivity contribution in [1.29, 1.82) is 0 Å². The standard InChI is InChI=1S/C26H6BF15O2/c1-2-4-5(8-12(28)18(34)24(40)19(35)13(8)29)3-6(27(43)44)9(11-16(32)22(38)26(42)23(39)17(11)33)7(4)10-14(30)20(36)25(41)21(37)15(10)31/h2-3,43-44H,1H2. The van der Waals surface area contributed by atoms with Crippen LogP contribution in [-0.4, -0.2) is 17.2 Å². The second-order valence-electron chi connectivity index (χ2n) is 8.59. The Morgan fingerprint density at radius 3 is 0.977 bits per heavy atom. The number of hydrogen-bond donors (Lipinski definition) is 2. The summed E-state index contributed by atoms with van der Waals surface area (Å²) >= 11 is 0. The van der Waals surface area contributed by atoms with Crippen molar-refractivity contribution in [2.75, 3.05) is 0 Å². The van der Waals surface area contributed by atoms with Gasteiger partial charge < -0.3 is 10.0 Å². The van der Waals surface area contributed by atoms with E-state index in [1.165, 1.54) is 0 Å². The Balaban J connectivity index is 2.47. The highest BCUT2D eigenvalue weighted by atomic mass is 19.2. The lowest BCUT2D eigenvalue weighted by Crippen LogP contribution is -2.33. The lowest BCUT2D eigenvalue weighted by atomic mass is 9.69. The largest absolute Gasteiger partial charge is 0.489 e. The van der Waals surface area contributed by atoms with Crippen molar-refractivity contribution in [3.05, 3.63) is 105 Å². The van der Waals surface area contributed by atoms with Gasteiger partial charge in [-0.1, -0.05) is 18.7 Å². The smallest absolute Gasteiger partial charge is 0.423 e. The maximum atomic E-state index is 15.1. The molecule has 230 valence electrons. The third-order valence-corrected chi connectivity index (χ3v) is 6.28. The van der Waals surface area contributed by atoms with E-state index in [1.54, 1.807) is 0 Å². The van der Waals surface area contributed by atoms with E-state index < -0.39 is 139 Å². The molecule has 0 heterocycles. The molecule has 0 saturated heterocycles. The van der Waals surface area contributed by atoms with Gasteiger partial charge in [0.1, 0.15) is 0 Å². The molecule has 0 aliphatic carbocycles. The van der Waals surface area contributed by atoms with Crippen molar-refractivity contribution in [2.45, 2.75) is 0 Å². The summed E-state index contributed by atoms with van der Waals surface area (Å²) in [6.07, 6.45) is 0.143. The first kappa shape index (κ1) is 32.5. The first-order chi connectivity index (χ1) is 20.4. The molecular formula is C26H6BF15O2. The quantitative estimate of drug-likeness (QED) is 0.105. The van der Waals surface area contributed by atoms with E-state index in [0.29, 0.717) is 0 Å². The van der Waals surface area contributed by atoms with Crippen LogP contribution in [-0.2, 0) is 0 Å². The summed E-state index contributed by atoms with van der Waals surface area (Å²) in [6, 6.07) is -0.0805. The molecule has 0 radical (unpaired) electrons. The van der Waals surface area contributed by atoms with Crippen molar-refractivity contribution < 1.29 is 75.9 Å². The molecule has 0 saturated carbocycles. The fourth-order valence-electron chi connectivity index (χ4n) is 4.36. The molecule has 0 aliphatic rings. The Morgan fingerprint density at radius 1 is 0.409 bits per heavy atom. The minimum atomic E-state index is -3.35. The Hall–Kier alpha value is -4.45. The third kappa shape index (κ3) is 4.50. The van der Waals surface area contributed by atoms with Gasteiger partial charge >= 0.3 is 7.12 Å². The van der Waals surface area contributed by atoms with Crippen molar-refractivity contribution in [1.82, 2.24) is 0 Å². The fourth-order valence-corrected chi connectivity index (χ4v) is 4.36. The van der Waals surface area contributed by atoms with E-state index in [4.69, 9.17) is 0 Å². The van der Waals surface area contributed by atoms with Crippen LogP contribution in [0.2, 0.25) is 0 Å². The van der Waals surface area contributed by atoms with E-state index >= 15 is 17.6 Å². The molecule has 4 aromatic carbocycles. The Labute approximate surface area is 234 Å². The van der Waals surface area contributed by atoms with Gasteiger partial charge in [-0.05, 0) is 22.2 Å². The molecule has 0 amide bonds. The molecule has 0 unspecified atom stereocenters. The van der Waals surface area contributed by atoms with Gasteiger partial charge in [0.15, 0.2) is 69.8 Å². The number of halogens is 15. The van der Waals surface area contributed by atoms with Crippen LogP contribution < -0.4 is 5.46 Å². The highest BCUT2D eigenvalue weighted by Crippen LogP contribution is 2.46. The molecular weight excluding hydrogens is 640 g/mol. The average Bonchev–Trinajstić information content (AvgIpc) is 2.99. The zero-order valence-electron chi connectivity index (χ0n) is 20.5. The van der Waals surface area contributed by atoms with E-state index in [2.05, 4.69) is 6.58 Å². The van der Waals surface area contributed by atoms with Crippen LogP contribution in [0.15, 0.2) is 12.6 Å². The second-order valence-corrected chi connectivity index (χ2v) is 8.59. The van der Waals surface area contributed by atoms with Crippen molar-refractivity contribution in [3.8, 4) is 33.4 Å². The predicted molar refractivity (Wildman–Crippen MR) is 122 cm³/mol. The van der Waals surface area contributed by atoms with Crippen LogP contribution >= 0.6 is 0 Å². The Bertz CT molecular complexity index is 1840. The monoisotopic (exact) mass is 646 g/mol. The number of benzene rings is 4. The molecule has 0 spiro atoms. The number of rotatable bonds is 5. The lowest BCUT2D eigenvalue weighted by molar-refractivity contribution is 0.380. The molecule has 4 rings (SSSR count). The molecule has 0 fully saturated rings. The number of hydrogen-bond acceptors (Lipinski definition) is 2. The molecule has 44 heavy (non-hydrogen) atoms. The van der Waals surface area contributed by atoms with Crippen molar-refractivity contribution in [2.24, 2.45) is 0 Å². The topological polar surface area (TPSA) is 40.5 Å². The van der Waals surface area contributed by atoms with E-state index in [0.717, 1.165) is 0 Å². The van der Waals surface area contributed by atoms with Gasteiger partial charge in [-0.3, -0.25) is 0 Å². The van der Waals surface area contributed by atoms with Gasteiger partial charge in [0, 0.05) is 5.56 Å². The van der Waals surface area contributed by atoms with Crippen molar-refractivity contribution >= 4 is 18.7 Å². The molecule has 2 N–H and O–H groups in total. The first-order valence-electron chi connectivity index (χ1n) is 11.2. The van der Waals surface area contributed by atoms with E-state index in [9.17, 15) is 58.3 Å². The summed E-state index contributed by atoms with van der Waals surface area (Å²) in [5, 5.41) is 19.9. The predicted octanol–water partition coefficient (Wildman–Crippen LogP) is 7.10. The minimum absolute atomic E-state index is 0.0805. The minimum Gasteiger partial charge on any atom is -0.423 e. The van der Waals surface area contributed by atoms with E-state index in [-0.39, 0.29) is 12.1 Å². The Morgan fingerprint density at radius 2 is 0.682 bits per heavy atom. The zero-order chi connectivity index (χ0) is 33.3. The van der Waals surface area contributed by atoms with Gasteiger partial charge in [-0.15, -0.1) is 0 Å². The molecule has 0 bridgehead atoms. The first-order valence-corrected chi connectivity index (χ1v) is 11.2. The van der Waals surface area contributed by atoms with Gasteiger partial charge in [0.05, 0.1) is 16.7 Å². The second kappa shape index (κ2) is 11.2. The fraction of sp³-hybridized carbons (Fsp3) is 0. The molecule has 2 nitrogen and oxygen atoms in total. The Kier molecular flexibility index (Phi) is 8.29. The van der Waals surface area contributed by atoms with Crippen LogP contribution in [0.4, 0.5) is 65.9 Å². The normalized spacial score (nSPS) is 11.4. The van der Waals surface area contributed by atoms with Crippen LogP contribution in [0.25, 0.3) is 39.5 Å². The summed E-state index contributed by atoms with van der Waals surface area (Å²) in [6.45, 7) is 3.02. The van der Waals surface area contributed by atoms with Gasteiger partial charge in [0.2, 0.25) is 17.5 Å². The van der Waals surface area contributed by atoms with Crippen LogP contribution in [0.1, 0.15) is 5.56 Å². The summed E-state index contributed by atoms with van der Waals surface area (Å²) in [4.78, 5) is 0. The van der Waals surface area contributed by atoms with E-state index in [1.807, 2.05) is 0 Å². The molecule has 18 heteroatoms. The molecule has 0 atom stereocenters. The highest BCUT2D eigenvalue weighted by Gasteiger charge is 2.38. The van der Waals surface area contributed by atoms with Crippen LogP contribution in [0.5, 0.6) is 0 Å². The highest BCUT2D eigenvalue weighted by molar-refractivity contribution is 6.61. The summed E-state index contributed by atoms with van der Waals surface area (Å²) in [5.41, 5.74) is -15.5. The third-order valence-electron chi connectivity index (χ3n) is 6.28. The SMILES string of the molecule is C=Cc1c(-c2c(F)c(F)c(F)c(F)c2F)cc(B(O)O)c(-c2c(F)c(F)c(F)c(F)c2F)c1-c1c(F)c(F)c(F)c(F)c1F. The zero-order valence-corrected chi connectivity index (χ0v) is 20.5. The molecule has 0 aromatic heterocycles. The van der Waals surface area contributed by atoms with Crippen LogP contribution in [0.3, 0.4) is 0 Å². The average molecular weight is 646 g/mol. The molecule has 0 aliphatic heterocycles. The van der Waals surface area contributed by atoms with Crippen LogP contribution in [0, 0.1) is 87.3 Å². The lowest BCUT2D eigenvalue weighted by Gasteiger charge is -2.24. The van der Waals surface area contributed by atoms with Gasteiger partial charge in [-0.2, -0.15) is 0 Å². The van der Waals surface area contributed by atoms with Gasteiger partial charge in [-0.25, -0.2) is 65.9 Å². The maximum absolute atomic E-state index is 15.1. The maximum Gasteiger partial charge on any atom is 0.489 e. The summed E-state index contributed by atoms with van der Waals surface area (Å²) < 4.78 is 217. The summed E-state index contributed by atoms with van der Waals surface area (Å²) in [7, 11) is -3.35. The summed E-state index contributed by atoms with van der Waals surface area (Å²) in [5.74, 6) is -42.2. The molecule has 4 aromatic rings. The van der Waals surface area contributed by atoms with Crippen molar-refractivity contribution in [3.63, 3.8) is 0 Å². The van der Waals surface area contributed by atoms with Gasteiger partial charge in [0.25, 0.3) is 0 Å².